The van der Waals surface area contributed by atoms with Crippen molar-refractivity contribution in [2.45, 2.75) is 46.5 Å². The van der Waals surface area contributed by atoms with E-state index in [9.17, 15) is 4.79 Å². The summed E-state index contributed by atoms with van der Waals surface area (Å²) in [5.41, 5.74) is 2.34. The van der Waals surface area contributed by atoms with Crippen LogP contribution in [0.5, 0.6) is 0 Å². The zero-order chi connectivity index (χ0) is 11.7. The Morgan fingerprint density at radius 2 is 1.53 bits per heavy atom. The predicted octanol–water partition coefficient (Wildman–Crippen LogP) is 3.02. The molecular weight excluding hydrogens is 188 g/mol. The molecule has 86 valence electrons. The summed E-state index contributed by atoms with van der Waals surface area (Å²) in [7, 11) is 0. The minimum Gasteiger partial charge on any atom is -0.392 e. The number of hydrogen-bond acceptors (Lipinski definition) is 2. The van der Waals surface area contributed by atoms with Gasteiger partial charge in [-0.1, -0.05) is 23.3 Å². The smallest absolute Gasteiger partial charge is 0.130 e. The van der Waals surface area contributed by atoms with Crippen LogP contribution in [-0.4, -0.2) is 17.5 Å². The molecule has 2 nitrogen and oxygen atoms in total. The number of allylic oxidation sites excluding steroid dienone is 3. The van der Waals surface area contributed by atoms with E-state index in [1.807, 2.05) is 6.92 Å². The van der Waals surface area contributed by atoms with Crippen LogP contribution in [0.1, 0.15) is 46.5 Å². The van der Waals surface area contributed by atoms with E-state index in [4.69, 9.17) is 5.11 Å². The molecule has 0 saturated carbocycles. The van der Waals surface area contributed by atoms with E-state index in [0.717, 1.165) is 24.8 Å². The first-order valence-electron chi connectivity index (χ1n) is 5.47. The standard InChI is InChI=1S/C13H22O2/c1-11(7-5-9-13(3)15)6-4-8-12(2)10-14/h7-8,14H,4-6,9-10H2,1-3H3/b11-7+,12-8+. The number of hydrogen-bond donors (Lipinski definition) is 1. The fourth-order valence-electron chi connectivity index (χ4n) is 1.23. The van der Waals surface area contributed by atoms with Gasteiger partial charge < -0.3 is 9.90 Å². The highest BCUT2D eigenvalue weighted by molar-refractivity contribution is 5.75. The van der Waals surface area contributed by atoms with Crippen LogP contribution in [0.15, 0.2) is 23.3 Å². The van der Waals surface area contributed by atoms with Crippen LogP contribution < -0.4 is 0 Å². The molecule has 0 aliphatic heterocycles. The first-order valence-corrected chi connectivity index (χ1v) is 5.47. The number of carbonyl (C=O) groups is 1. The number of carbonyl (C=O) groups excluding carboxylic acids is 1. The van der Waals surface area contributed by atoms with Crippen molar-refractivity contribution in [1.29, 1.82) is 0 Å². The first kappa shape index (κ1) is 14.1. The van der Waals surface area contributed by atoms with Crippen molar-refractivity contribution in [2.75, 3.05) is 6.61 Å². The summed E-state index contributed by atoms with van der Waals surface area (Å²) in [6.07, 6.45) is 7.66. The lowest BCUT2D eigenvalue weighted by molar-refractivity contribution is -0.116. The third-order valence-electron chi connectivity index (χ3n) is 2.27. The maximum Gasteiger partial charge on any atom is 0.130 e. The minimum absolute atomic E-state index is 0.146. The maximum absolute atomic E-state index is 10.7. The Bertz CT molecular complexity index is 249. The molecule has 0 atom stereocenters. The second kappa shape index (κ2) is 8.42. The third kappa shape index (κ3) is 9.42. The zero-order valence-corrected chi connectivity index (χ0v) is 10.0. The second-order valence-corrected chi connectivity index (χ2v) is 4.04. The topological polar surface area (TPSA) is 37.3 Å². The molecule has 0 spiro atoms. The molecule has 0 rings (SSSR count). The van der Waals surface area contributed by atoms with Crippen molar-refractivity contribution in [3.8, 4) is 0 Å². The van der Waals surface area contributed by atoms with E-state index in [1.165, 1.54) is 5.57 Å². The van der Waals surface area contributed by atoms with Crippen LogP contribution in [-0.2, 0) is 4.79 Å². The van der Waals surface area contributed by atoms with Crippen LogP contribution in [0.4, 0.5) is 0 Å². The fourth-order valence-corrected chi connectivity index (χ4v) is 1.23. The molecule has 0 amide bonds. The Labute approximate surface area is 92.7 Å². The number of ketones is 1. The first-order chi connectivity index (χ1) is 7.06. The van der Waals surface area contributed by atoms with Gasteiger partial charge in [-0.05, 0) is 40.0 Å². The zero-order valence-electron chi connectivity index (χ0n) is 10.0. The Balaban J connectivity index is 3.73. The van der Waals surface area contributed by atoms with Crippen molar-refractivity contribution in [3.05, 3.63) is 23.3 Å². The Hall–Kier alpha value is -0.890. The van der Waals surface area contributed by atoms with Crippen molar-refractivity contribution >= 4 is 5.78 Å². The van der Waals surface area contributed by atoms with Gasteiger partial charge in [0.1, 0.15) is 5.78 Å². The van der Waals surface area contributed by atoms with Gasteiger partial charge in [0.15, 0.2) is 0 Å². The number of rotatable bonds is 7. The van der Waals surface area contributed by atoms with Crippen molar-refractivity contribution in [2.24, 2.45) is 0 Å². The summed E-state index contributed by atoms with van der Waals surface area (Å²) in [6.45, 7) is 5.78. The van der Waals surface area contributed by atoms with Gasteiger partial charge in [-0.3, -0.25) is 0 Å². The van der Waals surface area contributed by atoms with Crippen molar-refractivity contribution < 1.29 is 9.90 Å². The summed E-state index contributed by atoms with van der Waals surface area (Å²) in [5.74, 6) is 0.245. The molecule has 0 heterocycles. The van der Waals surface area contributed by atoms with E-state index in [0.29, 0.717) is 6.42 Å². The fraction of sp³-hybridized carbons (Fsp3) is 0.615. The van der Waals surface area contributed by atoms with Crippen molar-refractivity contribution in [1.82, 2.24) is 0 Å². The molecule has 0 aliphatic carbocycles. The summed E-state index contributed by atoms with van der Waals surface area (Å²) < 4.78 is 0. The van der Waals surface area contributed by atoms with E-state index in [2.05, 4.69) is 19.1 Å². The normalized spacial score (nSPS) is 13.1. The van der Waals surface area contributed by atoms with Gasteiger partial charge in [0, 0.05) is 6.42 Å². The molecule has 1 N–H and O–H groups in total. The molecule has 0 saturated heterocycles. The Morgan fingerprint density at radius 3 is 2.07 bits per heavy atom. The highest BCUT2D eigenvalue weighted by Gasteiger charge is 1.92. The summed E-state index contributed by atoms with van der Waals surface area (Å²) >= 11 is 0. The van der Waals surface area contributed by atoms with E-state index in [-0.39, 0.29) is 12.4 Å². The van der Waals surface area contributed by atoms with Crippen molar-refractivity contribution in [3.63, 3.8) is 0 Å². The average molecular weight is 210 g/mol. The lowest BCUT2D eigenvalue weighted by Crippen LogP contribution is -1.88. The van der Waals surface area contributed by atoms with Crippen LogP contribution in [0.3, 0.4) is 0 Å². The molecule has 0 unspecified atom stereocenters. The molecule has 0 aliphatic rings. The highest BCUT2D eigenvalue weighted by atomic mass is 16.3. The number of aliphatic hydroxyl groups excluding tert-OH is 1. The van der Waals surface area contributed by atoms with Gasteiger partial charge in [-0.25, -0.2) is 0 Å². The Morgan fingerprint density at radius 1 is 1.00 bits per heavy atom. The average Bonchev–Trinajstić information content (AvgIpc) is 2.17. The van der Waals surface area contributed by atoms with Gasteiger partial charge in [0.2, 0.25) is 0 Å². The van der Waals surface area contributed by atoms with Gasteiger partial charge in [0.05, 0.1) is 6.61 Å². The number of Topliss-reactive ketones (excluding diaryl/α,β-unsaturated/α-hetero) is 1. The molecule has 2 heteroatoms. The van der Waals surface area contributed by atoms with Gasteiger partial charge in [-0.15, -0.1) is 0 Å². The van der Waals surface area contributed by atoms with E-state index < -0.39 is 0 Å². The molecule has 0 fully saturated rings. The second-order valence-electron chi connectivity index (χ2n) is 4.04. The van der Waals surface area contributed by atoms with Gasteiger partial charge >= 0.3 is 0 Å². The molecular formula is C13H22O2. The molecule has 15 heavy (non-hydrogen) atoms. The monoisotopic (exact) mass is 210 g/mol. The SMILES string of the molecule is CC(=O)CC/C=C(\C)CC/C=C(\C)CO. The molecule has 0 aromatic carbocycles. The van der Waals surface area contributed by atoms with E-state index in [1.54, 1.807) is 6.92 Å². The summed E-state index contributed by atoms with van der Waals surface area (Å²) in [5, 5.41) is 8.78. The van der Waals surface area contributed by atoms with E-state index >= 15 is 0 Å². The molecule has 0 radical (unpaired) electrons. The molecule has 0 aromatic heterocycles. The predicted molar refractivity (Wildman–Crippen MR) is 63.7 cm³/mol. The Kier molecular flexibility index (Phi) is 7.92. The maximum atomic E-state index is 10.7. The highest BCUT2D eigenvalue weighted by Crippen LogP contribution is 2.08. The van der Waals surface area contributed by atoms with Crippen LogP contribution >= 0.6 is 0 Å². The van der Waals surface area contributed by atoms with Crippen LogP contribution in [0.25, 0.3) is 0 Å². The van der Waals surface area contributed by atoms with Gasteiger partial charge in [0.25, 0.3) is 0 Å². The summed E-state index contributed by atoms with van der Waals surface area (Å²) in [6, 6.07) is 0. The minimum atomic E-state index is 0.146. The molecule has 0 aromatic rings. The van der Waals surface area contributed by atoms with Crippen LogP contribution in [0, 0.1) is 0 Å². The quantitative estimate of drug-likeness (QED) is 0.656. The largest absolute Gasteiger partial charge is 0.392 e. The van der Waals surface area contributed by atoms with Crippen LogP contribution in [0.2, 0.25) is 0 Å². The molecule has 0 bridgehead atoms. The third-order valence-corrected chi connectivity index (χ3v) is 2.27. The summed E-state index contributed by atoms with van der Waals surface area (Å²) in [4.78, 5) is 10.7. The number of aliphatic hydroxyl groups is 1. The lowest BCUT2D eigenvalue weighted by Gasteiger charge is -1.99. The lowest BCUT2D eigenvalue weighted by atomic mass is 10.1. The van der Waals surface area contributed by atoms with Gasteiger partial charge in [-0.2, -0.15) is 0 Å².